The number of amides is 2. The summed E-state index contributed by atoms with van der Waals surface area (Å²) in [4.78, 5) is 102. The fourth-order valence-corrected chi connectivity index (χ4v) is 12.2. The van der Waals surface area contributed by atoms with Gasteiger partial charge >= 0.3 is 23.9 Å². The second kappa shape index (κ2) is 22.1. The minimum absolute atomic E-state index is 0.00442. The van der Waals surface area contributed by atoms with Crippen LogP contribution >= 0.6 is 0 Å². The summed E-state index contributed by atoms with van der Waals surface area (Å²) in [5.74, 6) is -8.75. The SMILES string of the molecule is CC(=O)O[C@@]12CO[C@@H]1C[C@H](O)[C@@]1(C)C(=O)[C@H](OC(=O)[C@@H](O)[C@@H](NC(=O)c3ccccc3)c3ccccc3)C3=C(C)[C@@H](OC(=O)[C@H](O)[C@@H](NC(=O)c4ccccc4)c4ccccc4)C[C@@](O)(C(OC(=O)c4ccccc4)C12)C3(C)C. The lowest BCUT2D eigenvalue weighted by Crippen LogP contribution is -2.82. The summed E-state index contributed by atoms with van der Waals surface area (Å²) in [6.07, 6.45) is -14.1. The molecule has 1 heterocycles. The lowest BCUT2D eigenvalue weighted by Gasteiger charge is -2.67. The first-order valence-corrected chi connectivity index (χ1v) is 26.0. The van der Waals surface area contributed by atoms with Crippen molar-refractivity contribution in [3.8, 4) is 0 Å². The van der Waals surface area contributed by atoms with Gasteiger partial charge in [-0.2, -0.15) is 0 Å². The molecule has 0 spiro atoms. The molecule has 79 heavy (non-hydrogen) atoms. The average Bonchev–Trinajstić information content (AvgIpc) is 2.82. The molecule has 5 aromatic rings. The highest BCUT2D eigenvalue weighted by Crippen LogP contribution is 2.64. The molecule has 1 saturated heterocycles. The van der Waals surface area contributed by atoms with E-state index in [0.717, 1.165) is 6.92 Å². The van der Waals surface area contributed by atoms with Crippen LogP contribution in [0.3, 0.4) is 0 Å². The number of hydrogen-bond donors (Lipinski definition) is 6. The largest absolute Gasteiger partial charge is 0.456 e. The Morgan fingerprint density at radius 3 is 1.53 bits per heavy atom. The van der Waals surface area contributed by atoms with Gasteiger partial charge in [0.05, 0.1) is 41.7 Å². The second-order valence-electron chi connectivity index (χ2n) is 21.4. The minimum atomic E-state index is -2.58. The molecule has 9 rings (SSSR count). The van der Waals surface area contributed by atoms with Gasteiger partial charge in [0.2, 0.25) is 0 Å². The van der Waals surface area contributed by atoms with Crippen LogP contribution in [0.5, 0.6) is 0 Å². The second-order valence-corrected chi connectivity index (χ2v) is 21.4. The molecule has 412 valence electrons. The van der Waals surface area contributed by atoms with Gasteiger partial charge in [-0.15, -0.1) is 0 Å². The molecule has 0 radical (unpaired) electrons. The first-order valence-electron chi connectivity index (χ1n) is 26.0. The van der Waals surface area contributed by atoms with Gasteiger partial charge in [-0.25, -0.2) is 14.4 Å². The Balaban J connectivity index is 1.20. The molecule has 4 aliphatic rings. The molecule has 0 aromatic heterocycles. The van der Waals surface area contributed by atoms with Gasteiger partial charge in [-0.1, -0.05) is 129 Å². The summed E-state index contributed by atoms with van der Waals surface area (Å²) < 4.78 is 31.2. The van der Waals surface area contributed by atoms with E-state index >= 15 is 9.59 Å². The maximum Gasteiger partial charge on any atom is 0.338 e. The highest BCUT2D eigenvalue weighted by molar-refractivity contribution is 5.98. The number of fused-ring (bicyclic) bond motifs is 5. The van der Waals surface area contributed by atoms with Crippen molar-refractivity contribution in [2.75, 3.05) is 6.61 Å². The van der Waals surface area contributed by atoms with Gasteiger partial charge in [0.15, 0.2) is 29.7 Å². The topological polar surface area (TPSA) is 271 Å². The highest BCUT2D eigenvalue weighted by Gasteiger charge is 2.78. The molecule has 2 amide bonds. The van der Waals surface area contributed by atoms with E-state index in [2.05, 4.69) is 10.6 Å². The van der Waals surface area contributed by atoms with Crippen molar-refractivity contribution in [1.29, 1.82) is 0 Å². The third kappa shape index (κ3) is 10.1. The zero-order valence-corrected chi connectivity index (χ0v) is 44.0. The van der Waals surface area contributed by atoms with Crippen LogP contribution in [0, 0.1) is 16.7 Å². The standard InChI is InChI=1S/C61H62N2O16/c1-34-41(76-56(72)47(66)45(36-21-11-6-12-22-36)62-53(69)38-25-15-8-16-26-38)32-61(74)52(78-55(71)40-29-19-10-20-30-40)50-59(5,42(65)31-43-60(50,33-75-43)79-35(2)64)51(68)49(44(34)58(61,3)4)77-57(73)48(67)46(37-23-13-7-14-24-37)63-54(70)39-27-17-9-18-28-39/h6-30,41-43,45-50,52,65-67,74H,31-33H2,1-5H3,(H,62,69)(H,63,70)/t41-,42-,43+,45-,46-,47+,48-,49+,50?,52?,59+,60-,61+/m0/s1. The van der Waals surface area contributed by atoms with Gasteiger partial charge < -0.3 is 54.7 Å². The van der Waals surface area contributed by atoms with Crippen molar-refractivity contribution in [3.63, 3.8) is 0 Å². The molecule has 1 aliphatic heterocycles. The van der Waals surface area contributed by atoms with E-state index in [1.807, 2.05) is 0 Å². The Bertz CT molecular complexity index is 3140. The Hall–Kier alpha value is -7.87. The van der Waals surface area contributed by atoms with Crippen LogP contribution < -0.4 is 10.6 Å². The van der Waals surface area contributed by atoms with Crippen LogP contribution in [0.1, 0.15) is 102 Å². The van der Waals surface area contributed by atoms with Crippen LogP contribution in [-0.4, -0.2) is 122 Å². The highest BCUT2D eigenvalue weighted by atomic mass is 16.6. The Morgan fingerprint density at radius 1 is 0.646 bits per heavy atom. The van der Waals surface area contributed by atoms with Gasteiger partial charge in [0, 0.05) is 36.3 Å². The predicted molar refractivity (Wildman–Crippen MR) is 281 cm³/mol. The molecule has 3 fully saturated rings. The summed E-state index contributed by atoms with van der Waals surface area (Å²) in [6, 6.07) is 37.0. The monoisotopic (exact) mass is 1080 g/mol. The number of hydrogen-bond acceptors (Lipinski definition) is 16. The van der Waals surface area contributed by atoms with Gasteiger partial charge in [0.25, 0.3) is 11.8 Å². The first-order chi connectivity index (χ1) is 37.6. The Labute approximate surface area is 455 Å². The lowest BCUT2D eigenvalue weighted by molar-refractivity contribution is -0.346. The number of carbonyl (C=O) groups is 7. The van der Waals surface area contributed by atoms with Crippen molar-refractivity contribution in [2.45, 2.75) is 113 Å². The van der Waals surface area contributed by atoms with Crippen LogP contribution in [0.15, 0.2) is 163 Å². The summed E-state index contributed by atoms with van der Waals surface area (Å²) in [5, 5.41) is 56.3. The van der Waals surface area contributed by atoms with E-state index in [1.165, 1.54) is 52.0 Å². The van der Waals surface area contributed by atoms with E-state index in [9.17, 15) is 44.4 Å². The molecule has 2 saturated carbocycles. The van der Waals surface area contributed by atoms with E-state index in [4.69, 9.17) is 23.7 Å². The third-order valence-electron chi connectivity index (χ3n) is 16.5. The summed E-state index contributed by atoms with van der Waals surface area (Å²) in [6.45, 7) is 6.44. The minimum Gasteiger partial charge on any atom is -0.456 e. The number of aliphatic hydroxyl groups is 4. The molecule has 3 aliphatic carbocycles. The van der Waals surface area contributed by atoms with Crippen molar-refractivity contribution >= 4 is 41.5 Å². The molecule has 2 bridgehead atoms. The number of ketones is 1. The molecule has 18 heteroatoms. The number of rotatable bonds is 15. The number of carbonyl (C=O) groups excluding carboxylic acids is 7. The number of ether oxygens (including phenoxy) is 5. The van der Waals surface area contributed by atoms with Crippen molar-refractivity contribution in [2.24, 2.45) is 16.7 Å². The lowest BCUT2D eigenvalue weighted by atomic mass is 9.44. The van der Waals surface area contributed by atoms with Gasteiger partial charge in [-0.05, 0) is 72.5 Å². The van der Waals surface area contributed by atoms with Crippen molar-refractivity contribution in [1.82, 2.24) is 10.6 Å². The maximum atomic E-state index is 16.4. The van der Waals surface area contributed by atoms with Crippen LogP contribution in [0.4, 0.5) is 0 Å². The molecular weight excluding hydrogens is 1020 g/mol. The number of esters is 4. The number of benzene rings is 5. The van der Waals surface area contributed by atoms with E-state index < -0.39 is 137 Å². The predicted octanol–water partition coefficient (Wildman–Crippen LogP) is 5.25. The summed E-state index contributed by atoms with van der Waals surface area (Å²) in [5.41, 5.74) is -7.93. The molecule has 6 N–H and O–H groups in total. The van der Waals surface area contributed by atoms with Crippen LogP contribution in [-0.2, 0) is 42.9 Å². The van der Waals surface area contributed by atoms with Crippen molar-refractivity contribution in [3.05, 3.63) is 191 Å². The first kappa shape index (κ1) is 55.9. The van der Waals surface area contributed by atoms with Crippen LogP contribution in [0.2, 0.25) is 0 Å². The molecule has 2 unspecified atom stereocenters. The molecule has 18 nitrogen and oxygen atoms in total. The van der Waals surface area contributed by atoms with Gasteiger partial charge in [0.1, 0.15) is 23.9 Å². The Morgan fingerprint density at radius 2 is 1.09 bits per heavy atom. The third-order valence-corrected chi connectivity index (χ3v) is 16.5. The molecule has 13 atom stereocenters. The summed E-state index contributed by atoms with van der Waals surface area (Å²) in [7, 11) is 0. The van der Waals surface area contributed by atoms with Crippen molar-refractivity contribution < 1.29 is 77.7 Å². The zero-order chi connectivity index (χ0) is 56.6. The van der Waals surface area contributed by atoms with E-state index in [0.29, 0.717) is 5.56 Å². The smallest absolute Gasteiger partial charge is 0.338 e. The zero-order valence-electron chi connectivity index (χ0n) is 44.0. The quantitative estimate of drug-likeness (QED) is 0.0444. The Kier molecular flexibility index (Phi) is 15.6. The van der Waals surface area contributed by atoms with E-state index in [-0.39, 0.29) is 39.8 Å². The maximum absolute atomic E-state index is 16.4. The molecular formula is C61H62N2O16. The summed E-state index contributed by atoms with van der Waals surface area (Å²) >= 11 is 0. The number of Topliss-reactive ketones (excluding diaryl/α,β-unsaturated/α-hetero) is 1. The normalized spacial score (nSPS) is 28.2. The van der Waals surface area contributed by atoms with E-state index in [1.54, 1.807) is 127 Å². The average molecular weight is 1080 g/mol. The van der Waals surface area contributed by atoms with Crippen LogP contribution in [0.25, 0.3) is 0 Å². The molecule has 5 aromatic carbocycles. The fourth-order valence-electron chi connectivity index (χ4n) is 12.2. The number of aliphatic hydroxyl groups excluding tert-OH is 3. The van der Waals surface area contributed by atoms with Gasteiger partial charge in [-0.3, -0.25) is 19.2 Å². The number of nitrogens with one attached hydrogen (secondary N) is 2. The fraction of sp³-hybridized carbons (Fsp3) is 0.361.